The Morgan fingerprint density at radius 1 is 1.48 bits per heavy atom. The number of likely N-dealkylation sites (tertiary alicyclic amines) is 1. The van der Waals surface area contributed by atoms with E-state index in [4.69, 9.17) is 4.74 Å². The third-order valence-corrected chi connectivity index (χ3v) is 4.42. The van der Waals surface area contributed by atoms with E-state index < -0.39 is 11.5 Å². The summed E-state index contributed by atoms with van der Waals surface area (Å²) in [4.78, 5) is 25.3. The Morgan fingerprint density at radius 3 is 2.86 bits per heavy atom. The number of aliphatic carboxylic acids is 1. The van der Waals surface area contributed by atoms with Gasteiger partial charge in [-0.2, -0.15) is 0 Å². The van der Waals surface area contributed by atoms with E-state index in [0.717, 1.165) is 4.47 Å². The molecular weight excluding hydrogens is 338 g/mol. The molecule has 0 radical (unpaired) electrons. The fraction of sp³-hybridized carbons (Fsp3) is 0.467. The number of carboxylic acids is 1. The van der Waals surface area contributed by atoms with Gasteiger partial charge in [-0.1, -0.05) is 28.9 Å². The number of halogens is 1. The first-order valence-electron chi connectivity index (χ1n) is 6.92. The van der Waals surface area contributed by atoms with Crippen molar-refractivity contribution in [2.45, 2.75) is 31.7 Å². The van der Waals surface area contributed by atoms with Crippen molar-refractivity contribution < 1.29 is 19.4 Å². The van der Waals surface area contributed by atoms with E-state index in [1.54, 1.807) is 19.1 Å². The Labute approximate surface area is 132 Å². The normalized spacial score (nSPS) is 21.3. The highest BCUT2D eigenvalue weighted by Gasteiger charge is 2.48. The van der Waals surface area contributed by atoms with Gasteiger partial charge in [-0.25, -0.2) is 4.79 Å². The van der Waals surface area contributed by atoms with Gasteiger partial charge >= 0.3 is 5.97 Å². The second-order valence-corrected chi connectivity index (χ2v) is 6.00. The van der Waals surface area contributed by atoms with E-state index in [9.17, 15) is 14.7 Å². The average Bonchev–Trinajstić information content (AvgIpc) is 2.90. The minimum Gasteiger partial charge on any atom is -0.484 e. The maximum Gasteiger partial charge on any atom is 0.329 e. The summed E-state index contributed by atoms with van der Waals surface area (Å²) in [6.07, 6.45) is 1.62. The van der Waals surface area contributed by atoms with Crippen molar-refractivity contribution in [1.29, 1.82) is 0 Å². The third-order valence-electron chi connectivity index (χ3n) is 3.93. The zero-order valence-corrected chi connectivity index (χ0v) is 13.4. The number of benzene rings is 1. The summed E-state index contributed by atoms with van der Waals surface area (Å²) in [5.74, 6) is -0.635. The standard InChI is InChI=1S/C15H18BrNO4/c1-2-15(14(19)20)7-4-8-17(15)13(18)10-21-12-6-3-5-11(16)9-12/h3,5-6,9H,2,4,7-8,10H2,1H3,(H,19,20). The summed E-state index contributed by atoms with van der Waals surface area (Å²) in [7, 11) is 0. The first-order chi connectivity index (χ1) is 9.99. The lowest BCUT2D eigenvalue weighted by molar-refractivity contribution is -0.157. The smallest absolute Gasteiger partial charge is 0.329 e. The molecule has 6 heteroatoms. The van der Waals surface area contributed by atoms with Crippen molar-refractivity contribution >= 4 is 27.8 Å². The summed E-state index contributed by atoms with van der Waals surface area (Å²) in [6.45, 7) is 2.13. The maximum atomic E-state index is 12.3. The molecule has 0 aliphatic carbocycles. The first kappa shape index (κ1) is 15.8. The molecule has 2 rings (SSSR count). The van der Waals surface area contributed by atoms with Crippen molar-refractivity contribution in [3.8, 4) is 5.75 Å². The van der Waals surface area contributed by atoms with E-state index in [1.807, 2.05) is 12.1 Å². The molecule has 0 bridgehead atoms. The monoisotopic (exact) mass is 355 g/mol. The molecule has 114 valence electrons. The number of ether oxygens (including phenoxy) is 1. The Hall–Kier alpha value is -1.56. The van der Waals surface area contributed by atoms with Crippen LogP contribution in [0, 0.1) is 0 Å². The zero-order chi connectivity index (χ0) is 15.5. The number of hydrogen-bond donors (Lipinski definition) is 1. The summed E-state index contributed by atoms with van der Waals surface area (Å²) in [5.41, 5.74) is -1.07. The molecule has 0 saturated carbocycles. The predicted octanol–water partition coefficient (Wildman–Crippen LogP) is 2.68. The molecule has 1 heterocycles. The molecular formula is C15H18BrNO4. The van der Waals surface area contributed by atoms with Gasteiger partial charge in [-0.3, -0.25) is 4.79 Å². The number of rotatable bonds is 5. The lowest BCUT2D eigenvalue weighted by Gasteiger charge is -2.33. The Bertz CT molecular complexity index is 548. The molecule has 1 saturated heterocycles. The second-order valence-electron chi connectivity index (χ2n) is 5.09. The van der Waals surface area contributed by atoms with Crippen LogP contribution in [-0.4, -0.2) is 40.6 Å². The highest BCUT2D eigenvalue weighted by molar-refractivity contribution is 9.10. The molecule has 1 aromatic rings. The lowest BCUT2D eigenvalue weighted by atomic mass is 9.93. The van der Waals surface area contributed by atoms with Crippen LogP contribution in [0.2, 0.25) is 0 Å². The molecule has 5 nitrogen and oxygen atoms in total. The number of carboxylic acid groups (broad SMARTS) is 1. The van der Waals surface area contributed by atoms with Crippen LogP contribution >= 0.6 is 15.9 Å². The topological polar surface area (TPSA) is 66.8 Å². The van der Waals surface area contributed by atoms with Gasteiger partial charge in [0.05, 0.1) is 0 Å². The zero-order valence-electron chi connectivity index (χ0n) is 11.8. The second kappa shape index (κ2) is 6.47. The van der Waals surface area contributed by atoms with Gasteiger partial charge in [-0.05, 0) is 37.5 Å². The fourth-order valence-corrected chi connectivity index (χ4v) is 3.14. The van der Waals surface area contributed by atoms with Gasteiger partial charge in [0.1, 0.15) is 11.3 Å². The molecule has 1 aliphatic rings. The van der Waals surface area contributed by atoms with Crippen LogP contribution in [0.4, 0.5) is 0 Å². The molecule has 0 spiro atoms. The van der Waals surface area contributed by atoms with Gasteiger partial charge in [0.2, 0.25) is 0 Å². The number of hydrogen-bond acceptors (Lipinski definition) is 3. The Kier molecular flexibility index (Phi) is 4.88. The number of carbonyl (C=O) groups is 2. The highest BCUT2D eigenvalue weighted by Crippen LogP contribution is 2.33. The van der Waals surface area contributed by atoms with E-state index in [2.05, 4.69) is 15.9 Å². The molecule has 0 aromatic heterocycles. The van der Waals surface area contributed by atoms with E-state index >= 15 is 0 Å². The molecule has 1 atom stereocenters. The number of nitrogens with zero attached hydrogens (tertiary/aromatic N) is 1. The van der Waals surface area contributed by atoms with Crippen molar-refractivity contribution in [2.24, 2.45) is 0 Å². The van der Waals surface area contributed by atoms with Crippen LogP contribution in [0.5, 0.6) is 5.75 Å². The lowest BCUT2D eigenvalue weighted by Crippen LogP contribution is -2.53. The first-order valence-corrected chi connectivity index (χ1v) is 7.71. The van der Waals surface area contributed by atoms with Gasteiger partial charge in [0, 0.05) is 11.0 Å². The van der Waals surface area contributed by atoms with Gasteiger partial charge in [0.15, 0.2) is 6.61 Å². The summed E-state index contributed by atoms with van der Waals surface area (Å²) >= 11 is 3.33. The molecule has 21 heavy (non-hydrogen) atoms. The number of carbonyl (C=O) groups excluding carboxylic acids is 1. The summed E-state index contributed by atoms with van der Waals surface area (Å²) < 4.78 is 6.33. The average molecular weight is 356 g/mol. The van der Waals surface area contributed by atoms with Crippen LogP contribution in [0.1, 0.15) is 26.2 Å². The Morgan fingerprint density at radius 2 is 2.24 bits per heavy atom. The van der Waals surface area contributed by atoms with E-state index in [-0.39, 0.29) is 12.5 Å². The molecule has 1 unspecified atom stereocenters. The largest absolute Gasteiger partial charge is 0.484 e. The van der Waals surface area contributed by atoms with Crippen molar-refractivity contribution in [3.63, 3.8) is 0 Å². The maximum absolute atomic E-state index is 12.3. The van der Waals surface area contributed by atoms with Gasteiger partial charge < -0.3 is 14.7 Å². The highest BCUT2D eigenvalue weighted by atomic mass is 79.9. The van der Waals surface area contributed by atoms with Gasteiger partial charge in [0.25, 0.3) is 5.91 Å². The minimum atomic E-state index is -1.07. The van der Waals surface area contributed by atoms with Crippen LogP contribution < -0.4 is 4.74 Å². The van der Waals surface area contributed by atoms with Crippen molar-refractivity contribution in [3.05, 3.63) is 28.7 Å². The van der Waals surface area contributed by atoms with Gasteiger partial charge in [-0.15, -0.1) is 0 Å². The molecule has 1 fully saturated rings. The summed E-state index contributed by atoms with van der Waals surface area (Å²) in [6, 6.07) is 7.20. The SMILES string of the molecule is CCC1(C(=O)O)CCCN1C(=O)COc1cccc(Br)c1. The molecule has 1 N–H and O–H groups in total. The van der Waals surface area contributed by atoms with Crippen LogP contribution in [0.25, 0.3) is 0 Å². The minimum absolute atomic E-state index is 0.147. The molecule has 1 aromatic carbocycles. The van der Waals surface area contributed by atoms with Crippen LogP contribution in [0.15, 0.2) is 28.7 Å². The van der Waals surface area contributed by atoms with Crippen molar-refractivity contribution in [1.82, 2.24) is 4.90 Å². The molecule has 1 amide bonds. The number of amides is 1. The van der Waals surface area contributed by atoms with Crippen LogP contribution in [0.3, 0.4) is 0 Å². The molecule has 1 aliphatic heterocycles. The quantitative estimate of drug-likeness (QED) is 0.881. The van der Waals surface area contributed by atoms with Crippen LogP contribution in [-0.2, 0) is 9.59 Å². The predicted molar refractivity (Wildman–Crippen MR) is 81.2 cm³/mol. The van der Waals surface area contributed by atoms with E-state index in [0.29, 0.717) is 31.6 Å². The van der Waals surface area contributed by atoms with E-state index in [1.165, 1.54) is 4.90 Å². The third kappa shape index (κ3) is 3.20. The Balaban J connectivity index is 2.04. The fourth-order valence-electron chi connectivity index (χ4n) is 2.76. The summed E-state index contributed by atoms with van der Waals surface area (Å²) in [5, 5.41) is 9.46. The van der Waals surface area contributed by atoms with Crippen molar-refractivity contribution in [2.75, 3.05) is 13.2 Å².